The van der Waals surface area contributed by atoms with Gasteiger partial charge in [-0.15, -0.1) is 6.58 Å². The van der Waals surface area contributed by atoms with E-state index in [1.54, 1.807) is 17.9 Å². The lowest BCUT2D eigenvalue weighted by molar-refractivity contribution is -0.153. The van der Waals surface area contributed by atoms with Crippen LogP contribution in [0.4, 0.5) is 0 Å². The molecule has 15 heteroatoms. The Labute approximate surface area is 402 Å². The molecule has 2 unspecified atom stereocenters. The molecule has 7 fully saturated rings. The first kappa shape index (κ1) is 47.6. The van der Waals surface area contributed by atoms with Crippen LogP contribution in [-0.2, 0) is 45.1 Å². The summed E-state index contributed by atoms with van der Waals surface area (Å²) in [7, 11) is -3.97. The van der Waals surface area contributed by atoms with E-state index in [0.717, 1.165) is 112 Å². The van der Waals surface area contributed by atoms with Crippen LogP contribution < -0.4 is 14.2 Å². The van der Waals surface area contributed by atoms with Gasteiger partial charge in [-0.1, -0.05) is 57.2 Å². The summed E-state index contributed by atoms with van der Waals surface area (Å²) < 4.78 is 54.4. The lowest BCUT2D eigenvalue weighted by Gasteiger charge is -2.48. The minimum absolute atomic E-state index is 0.0359. The number of aromatic nitrogens is 1. The molecule has 5 heterocycles. The molecule has 8 aliphatic rings. The predicted octanol–water partition coefficient (Wildman–Crippen LogP) is 7.39. The number of hydrogen-bond donors (Lipinski definition) is 1. The maximum absolute atomic E-state index is 15.3. The van der Waals surface area contributed by atoms with Gasteiger partial charge in [0.2, 0.25) is 27.7 Å². The summed E-state index contributed by atoms with van der Waals surface area (Å²) in [4.78, 5) is 67.6. The van der Waals surface area contributed by atoms with E-state index >= 15 is 9.59 Å². The molecular weight excluding hydrogens is 885 g/mol. The highest BCUT2D eigenvalue weighted by Gasteiger charge is 2.63. The van der Waals surface area contributed by atoms with Crippen molar-refractivity contribution in [2.75, 3.05) is 26.3 Å². The Morgan fingerprint density at radius 2 is 1.68 bits per heavy atom. The summed E-state index contributed by atoms with van der Waals surface area (Å²) in [6, 6.07) is 7.59. The number of Topliss-reactive ketones (excluding diaryl/α,β-unsaturated/α-hetero) is 1. The van der Waals surface area contributed by atoms with E-state index in [-0.39, 0.29) is 80.1 Å². The summed E-state index contributed by atoms with van der Waals surface area (Å²) in [6.07, 6.45) is 14.4. The zero-order valence-corrected chi connectivity index (χ0v) is 41.0. The number of fused-ring (bicyclic) bond motifs is 7. The molecule has 10 rings (SSSR count). The number of esters is 1. The predicted molar refractivity (Wildman–Crippen MR) is 255 cm³/mol. The third-order valence-electron chi connectivity index (χ3n) is 17.2. The molecule has 370 valence electrons. The van der Waals surface area contributed by atoms with E-state index in [2.05, 4.69) is 29.2 Å². The molecule has 4 aliphatic heterocycles. The molecule has 2 amide bonds. The molecule has 9 atom stereocenters. The number of sulfonamides is 1. The van der Waals surface area contributed by atoms with E-state index in [1.165, 1.54) is 0 Å². The number of pyridine rings is 1. The van der Waals surface area contributed by atoms with Crippen molar-refractivity contribution in [1.82, 2.24) is 19.5 Å². The van der Waals surface area contributed by atoms with Gasteiger partial charge in [0.1, 0.15) is 24.1 Å². The zero-order chi connectivity index (χ0) is 47.4. The lowest BCUT2D eigenvalue weighted by atomic mass is 9.77. The highest BCUT2D eigenvalue weighted by molar-refractivity contribution is 7.91. The maximum Gasteiger partial charge on any atom is 0.306 e. The number of benzene rings is 1. The Hall–Kier alpha value is -4.08. The quantitative estimate of drug-likeness (QED) is 0.166. The number of piperidine rings is 1. The maximum atomic E-state index is 15.3. The van der Waals surface area contributed by atoms with Crippen molar-refractivity contribution in [1.29, 1.82) is 0 Å². The molecule has 2 aromatic rings. The van der Waals surface area contributed by atoms with Gasteiger partial charge in [0, 0.05) is 43.2 Å². The highest BCUT2D eigenvalue weighted by Crippen LogP contribution is 2.57. The Morgan fingerprint density at radius 3 is 2.38 bits per heavy atom. The molecule has 68 heavy (non-hydrogen) atoms. The average Bonchev–Trinajstić information content (AvgIpc) is 4.28. The number of morpholine rings is 1. The Morgan fingerprint density at radius 1 is 0.956 bits per heavy atom. The molecule has 0 radical (unpaired) electrons. The van der Waals surface area contributed by atoms with Crippen molar-refractivity contribution < 1.29 is 46.5 Å². The van der Waals surface area contributed by atoms with Gasteiger partial charge < -0.3 is 23.8 Å². The molecular formula is C53H72N4O10S. The molecule has 4 bridgehead atoms. The monoisotopic (exact) mass is 956 g/mol. The third kappa shape index (κ3) is 9.57. The van der Waals surface area contributed by atoms with Crippen LogP contribution in [0, 0.1) is 29.1 Å². The number of amides is 2. The normalized spacial score (nSPS) is 34.3. The number of carbonyl (C=O) groups excluding carboxylic acids is 4. The average molecular weight is 957 g/mol. The number of ketones is 1. The fourth-order valence-corrected chi connectivity index (χ4v) is 14.0. The van der Waals surface area contributed by atoms with Gasteiger partial charge in [0.15, 0.2) is 5.78 Å². The van der Waals surface area contributed by atoms with Crippen molar-refractivity contribution in [2.24, 2.45) is 29.1 Å². The van der Waals surface area contributed by atoms with Crippen LogP contribution in [0.15, 0.2) is 36.9 Å². The van der Waals surface area contributed by atoms with Gasteiger partial charge >= 0.3 is 5.97 Å². The van der Waals surface area contributed by atoms with E-state index in [1.807, 2.05) is 18.2 Å². The second kappa shape index (κ2) is 19.3. The van der Waals surface area contributed by atoms with Crippen LogP contribution in [0.5, 0.6) is 11.6 Å². The van der Waals surface area contributed by atoms with Crippen molar-refractivity contribution >= 4 is 44.5 Å². The SMILES string of the molecule is C=C[C@@H]1C[C@]1(CC(=O)[C@@H]1C[C@@H]2CN1C(=O)[C@H](C1CCCCC1)CC(=O)O[C@@H]1C[C@H]1CCCCCc1c(nc3ccccc3c1OC1CC3COCC(C1)N3CCC)O2)C(=O)NS(=O)(=O)C1(C)CC1. The summed E-state index contributed by atoms with van der Waals surface area (Å²) in [5, 5.41) is 0.922. The molecule has 0 spiro atoms. The number of allylic oxidation sites excluding steroid dienone is 1. The first-order chi connectivity index (χ1) is 32.8. The van der Waals surface area contributed by atoms with E-state index < -0.39 is 50.1 Å². The smallest absolute Gasteiger partial charge is 0.306 e. The van der Waals surface area contributed by atoms with Gasteiger partial charge in [-0.25, -0.2) is 13.4 Å². The molecule has 3 saturated heterocycles. The van der Waals surface area contributed by atoms with Crippen LogP contribution in [0.3, 0.4) is 0 Å². The number of carbonyl (C=O) groups is 4. The first-order valence-electron chi connectivity index (χ1n) is 26.1. The van der Waals surface area contributed by atoms with Gasteiger partial charge in [0.05, 0.1) is 59.4 Å². The fraction of sp³-hybridized carbons (Fsp3) is 0.717. The van der Waals surface area contributed by atoms with Gasteiger partial charge in [-0.2, -0.15) is 0 Å². The molecule has 1 aromatic heterocycles. The van der Waals surface area contributed by atoms with Crippen molar-refractivity contribution in [2.45, 2.75) is 183 Å². The summed E-state index contributed by atoms with van der Waals surface area (Å²) in [5.41, 5.74) is 0.319. The summed E-state index contributed by atoms with van der Waals surface area (Å²) in [5.74, 6) is -1.28. The molecule has 1 N–H and O–H groups in total. The summed E-state index contributed by atoms with van der Waals surface area (Å²) in [6.45, 7) is 10.3. The van der Waals surface area contributed by atoms with Crippen molar-refractivity contribution in [3.05, 3.63) is 42.5 Å². The van der Waals surface area contributed by atoms with Crippen LogP contribution in [-0.4, -0.2) is 114 Å². The van der Waals surface area contributed by atoms with E-state index in [9.17, 15) is 18.0 Å². The zero-order valence-electron chi connectivity index (χ0n) is 40.2. The molecule has 4 saturated carbocycles. The minimum Gasteiger partial charge on any atom is -0.489 e. The number of ether oxygens (including phenoxy) is 4. The number of rotatable bonds is 12. The van der Waals surface area contributed by atoms with Gasteiger partial charge in [0.25, 0.3) is 0 Å². The summed E-state index contributed by atoms with van der Waals surface area (Å²) >= 11 is 0. The molecule has 4 aliphatic carbocycles. The second-order valence-electron chi connectivity index (χ2n) is 22.1. The number of nitrogens with one attached hydrogen (secondary N) is 1. The van der Waals surface area contributed by atoms with Crippen LogP contribution in [0.25, 0.3) is 10.9 Å². The first-order valence-corrected chi connectivity index (χ1v) is 27.6. The Balaban J connectivity index is 0.994. The fourth-order valence-electron chi connectivity index (χ4n) is 12.6. The van der Waals surface area contributed by atoms with Crippen LogP contribution >= 0.6 is 0 Å². The van der Waals surface area contributed by atoms with Crippen molar-refractivity contribution in [3.63, 3.8) is 0 Å². The second-order valence-corrected chi connectivity index (χ2v) is 24.3. The Bertz CT molecular complexity index is 2370. The lowest BCUT2D eigenvalue weighted by Crippen LogP contribution is -2.59. The van der Waals surface area contributed by atoms with Crippen molar-refractivity contribution in [3.8, 4) is 11.6 Å². The van der Waals surface area contributed by atoms with E-state index in [0.29, 0.717) is 44.3 Å². The van der Waals surface area contributed by atoms with Crippen LogP contribution in [0.2, 0.25) is 0 Å². The molecule has 1 aromatic carbocycles. The number of para-hydroxylation sites is 1. The number of hydrogen-bond acceptors (Lipinski definition) is 12. The van der Waals surface area contributed by atoms with Gasteiger partial charge in [-0.3, -0.25) is 28.8 Å². The Kier molecular flexibility index (Phi) is 13.5. The van der Waals surface area contributed by atoms with Gasteiger partial charge in [-0.05, 0) is 108 Å². The van der Waals surface area contributed by atoms with E-state index in [4.69, 9.17) is 23.9 Å². The highest BCUT2D eigenvalue weighted by atomic mass is 32.2. The topological polar surface area (TPSA) is 171 Å². The third-order valence-corrected chi connectivity index (χ3v) is 19.4. The molecule has 14 nitrogen and oxygen atoms in total. The number of nitrogens with zero attached hydrogens (tertiary/aromatic N) is 3. The van der Waals surface area contributed by atoms with Crippen LogP contribution in [0.1, 0.15) is 141 Å². The standard InChI is InChI=1S/C53H72N4O10S/c1-4-22-56-36-24-38(25-37(56)32-64-31-36)65-48-40-17-12-13-19-43(40)54-49-41(48)18-11-7-10-16-34-23-46(34)67-47(59)27-42(33-14-8-6-9-15-33)50(60)57-30-39(66-49)26-44(57)45(58)29-53(28-35(53)5-2)51(61)55-68(62,63)52(3)20-21-52/h5,12-13,17,19,33-39,42,44,46H,2,4,6-11,14-16,18,20-32H2,1,3H3,(H,55,61)/t34-,35-,36?,37?,38?,39-,42+,44+,46-,53-/m1/s1. The minimum atomic E-state index is -3.97. The largest absolute Gasteiger partial charge is 0.489 e.